The lowest BCUT2D eigenvalue weighted by molar-refractivity contribution is -0.135. The molecule has 0 bridgehead atoms. The van der Waals surface area contributed by atoms with Crippen molar-refractivity contribution < 1.29 is 33.3 Å². The second-order valence-electron chi connectivity index (χ2n) is 8.60. The van der Waals surface area contributed by atoms with Crippen LogP contribution in [0.3, 0.4) is 0 Å². The number of anilines is 1. The molecule has 12 heteroatoms. The number of halogens is 1. The summed E-state index contributed by atoms with van der Waals surface area (Å²) in [5.74, 6) is 0.0136. The molecule has 11 nitrogen and oxygen atoms in total. The number of carbonyl (C=O) groups is 3. The van der Waals surface area contributed by atoms with Crippen LogP contribution in [-0.4, -0.2) is 100 Å². The fourth-order valence-electron chi connectivity index (χ4n) is 4.39. The number of hydrogen-bond donors (Lipinski definition) is 2. The highest BCUT2D eigenvalue weighted by Gasteiger charge is 2.33. The van der Waals surface area contributed by atoms with Crippen molar-refractivity contribution in [2.24, 2.45) is 0 Å². The Morgan fingerprint density at radius 1 is 1.11 bits per heavy atom. The molecule has 3 N–H and O–H groups in total. The van der Waals surface area contributed by atoms with Gasteiger partial charge in [0, 0.05) is 52.2 Å². The predicted octanol–water partition coefficient (Wildman–Crippen LogP) is 1.52. The molecule has 2 fully saturated rings. The number of amides is 2. The van der Waals surface area contributed by atoms with Gasteiger partial charge in [-0.15, -0.1) is 0 Å². The average molecular weight is 513 g/mol. The quantitative estimate of drug-likeness (QED) is 0.412. The minimum Gasteiger partial charge on any atom is -0.496 e. The molecule has 2 saturated heterocycles. The zero-order chi connectivity index (χ0) is 25.5. The standard InChI is InChI=1S/C23H33ClN4O7/c1-32-19-11-17(25)16(24)10-15(19)22(30)26-18-6-7-27(12-20(18)33-2)13-21(29)28-8-4-14(5-9-28)35-23(31)34-3/h10-11,14,18,20H,4-9,12-13,25H2,1-3H3,(H,26,30)/t18-,20+/m1/s1. The van der Waals surface area contributed by atoms with Crippen molar-refractivity contribution in [2.45, 2.75) is 37.5 Å². The molecule has 2 atom stereocenters. The first-order valence-corrected chi connectivity index (χ1v) is 11.8. The number of piperidine rings is 2. The lowest BCUT2D eigenvalue weighted by Crippen LogP contribution is -2.56. The van der Waals surface area contributed by atoms with E-state index in [-0.39, 0.29) is 41.6 Å². The van der Waals surface area contributed by atoms with Gasteiger partial charge in [0.15, 0.2) is 0 Å². The Kier molecular flexibility index (Phi) is 9.41. The van der Waals surface area contributed by atoms with Crippen LogP contribution in [0.5, 0.6) is 5.75 Å². The normalized spacial score (nSPS) is 21.3. The third-order valence-electron chi connectivity index (χ3n) is 6.41. The molecule has 1 aromatic rings. The molecule has 0 saturated carbocycles. The highest BCUT2D eigenvalue weighted by Crippen LogP contribution is 2.29. The van der Waals surface area contributed by atoms with E-state index in [1.165, 1.54) is 26.4 Å². The first-order chi connectivity index (χ1) is 16.7. The van der Waals surface area contributed by atoms with Crippen LogP contribution >= 0.6 is 11.6 Å². The van der Waals surface area contributed by atoms with Crippen molar-refractivity contribution >= 4 is 35.3 Å². The number of ether oxygens (including phenoxy) is 4. The minimum absolute atomic E-state index is 0.0140. The van der Waals surface area contributed by atoms with Crippen LogP contribution in [0, 0.1) is 0 Å². The summed E-state index contributed by atoms with van der Waals surface area (Å²) in [5, 5.41) is 3.27. The molecule has 35 heavy (non-hydrogen) atoms. The maximum atomic E-state index is 12.9. The van der Waals surface area contributed by atoms with Crippen molar-refractivity contribution in [3.63, 3.8) is 0 Å². The monoisotopic (exact) mass is 512 g/mol. The van der Waals surface area contributed by atoms with Crippen LogP contribution in [0.1, 0.15) is 29.6 Å². The fraction of sp³-hybridized carbons (Fsp3) is 0.609. The Bertz CT molecular complexity index is 923. The molecule has 3 rings (SSSR count). The van der Waals surface area contributed by atoms with Crippen LogP contribution < -0.4 is 15.8 Å². The molecule has 2 amide bonds. The number of nitrogens with two attached hydrogens (primary N) is 1. The van der Waals surface area contributed by atoms with Gasteiger partial charge in [-0.05, 0) is 12.5 Å². The van der Waals surface area contributed by atoms with E-state index in [1.807, 2.05) is 4.90 Å². The van der Waals surface area contributed by atoms with E-state index in [0.717, 1.165) is 0 Å². The molecule has 0 radical (unpaired) electrons. The highest BCUT2D eigenvalue weighted by molar-refractivity contribution is 6.33. The van der Waals surface area contributed by atoms with Crippen molar-refractivity contribution in [1.29, 1.82) is 0 Å². The lowest BCUT2D eigenvalue weighted by atomic mass is 10.0. The van der Waals surface area contributed by atoms with Crippen LogP contribution in [0.25, 0.3) is 0 Å². The lowest BCUT2D eigenvalue weighted by Gasteiger charge is -2.39. The van der Waals surface area contributed by atoms with Gasteiger partial charge in [-0.3, -0.25) is 14.5 Å². The number of benzene rings is 1. The summed E-state index contributed by atoms with van der Waals surface area (Å²) >= 11 is 6.10. The molecular weight excluding hydrogens is 480 g/mol. The number of nitrogen functional groups attached to an aromatic ring is 1. The number of hydrogen-bond acceptors (Lipinski definition) is 9. The van der Waals surface area contributed by atoms with Crippen molar-refractivity contribution in [3.8, 4) is 5.75 Å². The van der Waals surface area contributed by atoms with E-state index >= 15 is 0 Å². The molecule has 0 spiro atoms. The van der Waals surface area contributed by atoms with Gasteiger partial charge in [0.2, 0.25) is 5.91 Å². The van der Waals surface area contributed by atoms with Gasteiger partial charge >= 0.3 is 6.16 Å². The van der Waals surface area contributed by atoms with Crippen LogP contribution in [-0.2, 0) is 19.0 Å². The SMILES string of the molecule is COC(=O)OC1CCN(C(=O)CN2CC[C@@H](NC(=O)c3cc(Cl)c(N)cc3OC)[C@@H](OC)C2)CC1. The van der Waals surface area contributed by atoms with Gasteiger partial charge in [-0.25, -0.2) is 4.79 Å². The number of carbonyl (C=O) groups excluding carboxylic acids is 3. The average Bonchev–Trinajstić information content (AvgIpc) is 2.86. The summed E-state index contributed by atoms with van der Waals surface area (Å²) < 4.78 is 20.6. The van der Waals surface area contributed by atoms with Gasteiger partial charge in [0.25, 0.3) is 5.91 Å². The minimum atomic E-state index is -0.701. The Morgan fingerprint density at radius 3 is 2.46 bits per heavy atom. The smallest absolute Gasteiger partial charge is 0.496 e. The number of nitrogens with zero attached hydrogens (tertiary/aromatic N) is 2. The zero-order valence-corrected chi connectivity index (χ0v) is 21.0. The van der Waals surface area contributed by atoms with Gasteiger partial charge in [-0.2, -0.15) is 0 Å². The topological polar surface area (TPSA) is 133 Å². The van der Waals surface area contributed by atoms with E-state index in [1.54, 1.807) is 12.0 Å². The van der Waals surface area contributed by atoms with Crippen LogP contribution in [0.4, 0.5) is 10.5 Å². The third kappa shape index (κ3) is 6.89. The summed E-state index contributed by atoms with van der Waals surface area (Å²) in [7, 11) is 4.32. The summed E-state index contributed by atoms with van der Waals surface area (Å²) in [6, 6.07) is 2.76. The van der Waals surface area contributed by atoms with E-state index in [4.69, 9.17) is 31.5 Å². The Hall–Kier alpha value is -2.76. The Balaban J connectivity index is 1.51. The van der Waals surface area contributed by atoms with Gasteiger partial charge in [-0.1, -0.05) is 11.6 Å². The van der Waals surface area contributed by atoms with Crippen LogP contribution in [0.15, 0.2) is 12.1 Å². The van der Waals surface area contributed by atoms with Gasteiger partial charge in [0.05, 0.1) is 49.2 Å². The summed E-state index contributed by atoms with van der Waals surface area (Å²) in [6.07, 6.45) is 0.529. The highest BCUT2D eigenvalue weighted by atomic mass is 35.5. The fourth-order valence-corrected chi connectivity index (χ4v) is 4.55. The van der Waals surface area contributed by atoms with E-state index in [9.17, 15) is 14.4 Å². The van der Waals surface area contributed by atoms with E-state index in [0.29, 0.717) is 62.4 Å². The number of nitrogens with one attached hydrogen (secondary N) is 1. The van der Waals surface area contributed by atoms with Gasteiger partial charge in [0.1, 0.15) is 11.9 Å². The van der Waals surface area contributed by atoms with Gasteiger partial charge < -0.3 is 34.9 Å². The molecule has 2 aliphatic rings. The summed E-state index contributed by atoms with van der Waals surface area (Å²) in [4.78, 5) is 40.8. The Labute approximate surface area is 209 Å². The number of rotatable bonds is 7. The predicted molar refractivity (Wildman–Crippen MR) is 129 cm³/mol. The van der Waals surface area contributed by atoms with Crippen LogP contribution in [0.2, 0.25) is 5.02 Å². The van der Waals surface area contributed by atoms with Crippen molar-refractivity contribution in [1.82, 2.24) is 15.1 Å². The third-order valence-corrected chi connectivity index (χ3v) is 6.74. The molecule has 0 unspecified atom stereocenters. The first-order valence-electron chi connectivity index (χ1n) is 11.5. The first kappa shape index (κ1) is 26.8. The second-order valence-corrected chi connectivity index (χ2v) is 9.01. The van der Waals surface area contributed by atoms with Crippen molar-refractivity contribution in [3.05, 3.63) is 22.7 Å². The molecule has 1 aromatic carbocycles. The molecule has 194 valence electrons. The van der Waals surface area contributed by atoms with E-state index in [2.05, 4.69) is 10.1 Å². The maximum Gasteiger partial charge on any atom is 0.508 e. The molecule has 0 aromatic heterocycles. The molecule has 0 aliphatic carbocycles. The number of likely N-dealkylation sites (tertiary alicyclic amines) is 2. The summed E-state index contributed by atoms with van der Waals surface area (Å²) in [5.41, 5.74) is 6.43. The zero-order valence-electron chi connectivity index (χ0n) is 20.3. The largest absolute Gasteiger partial charge is 0.508 e. The maximum absolute atomic E-state index is 12.9. The van der Waals surface area contributed by atoms with E-state index < -0.39 is 6.16 Å². The van der Waals surface area contributed by atoms with Crippen molar-refractivity contribution in [2.75, 3.05) is 59.8 Å². The molecule has 2 aliphatic heterocycles. The Morgan fingerprint density at radius 2 is 1.83 bits per heavy atom. The number of methoxy groups -OCH3 is 3. The second kappa shape index (κ2) is 12.3. The molecule has 2 heterocycles. The summed E-state index contributed by atoms with van der Waals surface area (Å²) in [6.45, 7) is 2.41. The molecular formula is C23H33ClN4O7.